The summed E-state index contributed by atoms with van der Waals surface area (Å²) in [4.78, 5) is 4.43. The molecule has 3 aromatic rings. The quantitative estimate of drug-likeness (QED) is 0.676. The first-order valence-corrected chi connectivity index (χ1v) is 11.9. The second-order valence-electron chi connectivity index (χ2n) is 7.60. The molecular weight excluding hydrogens is 396 g/mol. The highest BCUT2D eigenvalue weighted by atomic mass is 35.5. The minimum atomic E-state index is -2.90. The number of hydrogen-bond acceptors (Lipinski definition) is 5. The van der Waals surface area contributed by atoms with Gasteiger partial charge in [0.1, 0.15) is 15.7 Å². The van der Waals surface area contributed by atoms with Crippen LogP contribution in [0.5, 0.6) is 0 Å². The fraction of sp³-hybridized carbons (Fsp3) is 0.400. The SMILES string of the molecule is CS(=O)(=O)CC1CCC(Nc2ccc3ncc(-c4cccc(Cl)c4)n3n2)CC1. The highest BCUT2D eigenvalue weighted by Gasteiger charge is 2.24. The van der Waals surface area contributed by atoms with Crippen molar-refractivity contribution in [2.75, 3.05) is 17.3 Å². The molecule has 0 radical (unpaired) electrons. The van der Waals surface area contributed by atoms with Gasteiger partial charge in [0.15, 0.2) is 5.65 Å². The van der Waals surface area contributed by atoms with E-state index in [1.807, 2.05) is 40.9 Å². The molecule has 0 spiro atoms. The van der Waals surface area contributed by atoms with Crippen molar-refractivity contribution in [3.05, 3.63) is 47.6 Å². The summed E-state index contributed by atoms with van der Waals surface area (Å²) in [7, 11) is -2.90. The Morgan fingerprint density at radius 3 is 2.68 bits per heavy atom. The van der Waals surface area contributed by atoms with Gasteiger partial charge in [-0.1, -0.05) is 23.7 Å². The van der Waals surface area contributed by atoms with Gasteiger partial charge in [-0.05, 0) is 55.9 Å². The summed E-state index contributed by atoms with van der Waals surface area (Å²) in [5.74, 6) is 1.36. The zero-order valence-electron chi connectivity index (χ0n) is 15.7. The van der Waals surface area contributed by atoms with Crippen molar-refractivity contribution < 1.29 is 8.42 Å². The van der Waals surface area contributed by atoms with E-state index in [4.69, 9.17) is 16.7 Å². The number of anilines is 1. The van der Waals surface area contributed by atoms with E-state index < -0.39 is 9.84 Å². The number of fused-ring (bicyclic) bond motifs is 1. The first-order valence-electron chi connectivity index (χ1n) is 9.42. The minimum Gasteiger partial charge on any atom is -0.366 e. The van der Waals surface area contributed by atoms with Gasteiger partial charge < -0.3 is 5.32 Å². The Balaban J connectivity index is 1.49. The smallest absolute Gasteiger partial charge is 0.154 e. The largest absolute Gasteiger partial charge is 0.366 e. The van der Waals surface area contributed by atoms with Gasteiger partial charge in [-0.15, -0.1) is 5.10 Å². The minimum absolute atomic E-state index is 0.270. The third kappa shape index (κ3) is 4.47. The summed E-state index contributed by atoms with van der Waals surface area (Å²) in [6.07, 6.45) is 6.86. The second-order valence-corrected chi connectivity index (χ2v) is 10.2. The number of nitrogens with one attached hydrogen (secondary N) is 1. The van der Waals surface area contributed by atoms with Crippen LogP contribution in [0.3, 0.4) is 0 Å². The second kappa shape index (κ2) is 7.72. The Kier molecular flexibility index (Phi) is 5.29. The Morgan fingerprint density at radius 1 is 1.18 bits per heavy atom. The topological polar surface area (TPSA) is 76.4 Å². The lowest BCUT2D eigenvalue weighted by molar-refractivity contribution is 0.361. The van der Waals surface area contributed by atoms with Crippen LogP contribution in [0, 0.1) is 5.92 Å². The van der Waals surface area contributed by atoms with E-state index in [2.05, 4.69) is 10.3 Å². The molecule has 28 heavy (non-hydrogen) atoms. The van der Waals surface area contributed by atoms with Gasteiger partial charge in [0, 0.05) is 22.9 Å². The van der Waals surface area contributed by atoms with Crippen LogP contribution < -0.4 is 5.32 Å². The third-order valence-electron chi connectivity index (χ3n) is 5.22. The molecule has 0 saturated heterocycles. The van der Waals surface area contributed by atoms with Gasteiger partial charge in [-0.3, -0.25) is 0 Å². The number of hydrogen-bond donors (Lipinski definition) is 1. The van der Waals surface area contributed by atoms with Gasteiger partial charge in [0.25, 0.3) is 0 Å². The predicted molar refractivity (Wildman–Crippen MR) is 113 cm³/mol. The first-order chi connectivity index (χ1) is 13.4. The highest BCUT2D eigenvalue weighted by Crippen LogP contribution is 2.28. The van der Waals surface area contributed by atoms with Gasteiger partial charge in [-0.25, -0.2) is 17.9 Å². The van der Waals surface area contributed by atoms with Crippen LogP contribution in [0.25, 0.3) is 16.9 Å². The lowest BCUT2D eigenvalue weighted by Gasteiger charge is -2.29. The molecule has 1 aromatic carbocycles. The number of halogens is 1. The number of benzene rings is 1. The van der Waals surface area contributed by atoms with Crippen molar-refractivity contribution in [3.63, 3.8) is 0 Å². The molecule has 1 fully saturated rings. The van der Waals surface area contributed by atoms with E-state index in [9.17, 15) is 8.42 Å². The lowest BCUT2D eigenvalue weighted by Crippen LogP contribution is -2.29. The van der Waals surface area contributed by atoms with Crippen LogP contribution in [-0.2, 0) is 9.84 Å². The van der Waals surface area contributed by atoms with Crippen LogP contribution in [-0.4, -0.2) is 41.1 Å². The average Bonchev–Trinajstić information content (AvgIpc) is 3.05. The molecule has 1 N–H and O–H groups in total. The van der Waals surface area contributed by atoms with Crippen LogP contribution in [0.2, 0.25) is 5.02 Å². The molecular formula is C20H23ClN4O2S. The van der Waals surface area contributed by atoms with Gasteiger partial charge >= 0.3 is 0 Å². The Hall–Kier alpha value is -2.12. The molecule has 1 aliphatic rings. The summed E-state index contributed by atoms with van der Waals surface area (Å²) in [6.45, 7) is 0. The number of imidazole rings is 1. The predicted octanol–water partition coefficient (Wildman–Crippen LogP) is 4.07. The maximum Gasteiger partial charge on any atom is 0.154 e. The molecule has 1 aliphatic carbocycles. The molecule has 1 saturated carbocycles. The zero-order valence-corrected chi connectivity index (χ0v) is 17.2. The molecule has 0 atom stereocenters. The van der Waals surface area contributed by atoms with Gasteiger partial charge in [-0.2, -0.15) is 0 Å². The molecule has 2 heterocycles. The van der Waals surface area contributed by atoms with Gasteiger partial charge in [0.2, 0.25) is 0 Å². The monoisotopic (exact) mass is 418 g/mol. The van der Waals surface area contributed by atoms with E-state index in [-0.39, 0.29) is 5.92 Å². The maximum absolute atomic E-state index is 11.5. The maximum atomic E-state index is 11.5. The summed E-state index contributed by atoms with van der Waals surface area (Å²) < 4.78 is 24.8. The first kappa shape index (κ1) is 19.2. The Bertz CT molecular complexity index is 1090. The summed E-state index contributed by atoms with van der Waals surface area (Å²) in [5.41, 5.74) is 2.63. The van der Waals surface area contributed by atoms with Crippen molar-refractivity contribution in [1.29, 1.82) is 0 Å². The van der Waals surface area contributed by atoms with Crippen molar-refractivity contribution in [1.82, 2.24) is 14.6 Å². The van der Waals surface area contributed by atoms with Crippen LogP contribution >= 0.6 is 11.6 Å². The zero-order chi connectivity index (χ0) is 19.7. The normalized spacial score (nSPS) is 20.4. The Labute approximate surface area is 169 Å². The fourth-order valence-corrected chi connectivity index (χ4v) is 5.29. The molecule has 4 rings (SSSR count). The molecule has 8 heteroatoms. The van der Waals surface area contributed by atoms with Crippen molar-refractivity contribution in [2.45, 2.75) is 31.7 Å². The summed E-state index contributed by atoms with van der Waals surface area (Å²) in [5, 5.41) is 8.89. The third-order valence-corrected chi connectivity index (χ3v) is 6.53. The lowest BCUT2D eigenvalue weighted by atomic mass is 9.87. The van der Waals surface area contributed by atoms with Crippen molar-refractivity contribution in [3.8, 4) is 11.3 Å². The van der Waals surface area contributed by atoms with Crippen LogP contribution in [0.4, 0.5) is 5.82 Å². The number of nitrogens with zero attached hydrogens (tertiary/aromatic N) is 3. The molecule has 148 valence electrons. The standard InChI is InChI=1S/C20H23ClN4O2S/c1-28(26,27)13-14-5-7-17(8-6-14)23-19-9-10-20-22-12-18(25(20)24-19)15-3-2-4-16(21)11-15/h2-4,9-12,14,17H,5-8,13H2,1H3,(H,23,24). The molecule has 6 nitrogen and oxygen atoms in total. The molecule has 2 aromatic heterocycles. The van der Waals surface area contributed by atoms with Crippen LogP contribution in [0.15, 0.2) is 42.6 Å². The molecule has 0 unspecified atom stereocenters. The van der Waals surface area contributed by atoms with Crippen LogP contribution in [0.1, 0.15) is 25.7 Å². The highest BCUT2D eigenvalue weighted by molar-refractivity contribution is 7.90. The molecule has 0 amide bonds. The number of sulfone groups is 1. The van der Waals surface area contributed by atoms with E-state index in [1.165, 1.54) is 6.26 Å². The van der Waals surface area contributed by atoms with E-state index in [0.29, 0.717) is 16.8 Å². The van der Waals surface area contributed by atoms with E-state index in [1.54, 1.807) is 6.20 Å². The fourth-order valence-electron chi connectivity index (χ4n) is 3.91. The average molecular weight is 419 g/mol. The van der Waals surface area contributed by atoms with E-state index >= 15 is 0 Å². The number of rotatable bonds is 5. The summed E-state index contributed by atoms with van der Waals surface area (Å²) >= 11 is 6.12. The molecule has 0 aliphatic heterocycles. The van der Waals surface area contributed by atoms with Crippen molar-refractivity contribution >= 4 is 32.9 Å². The number of aromatic nitrogens is 3. The van der Waals surface area contributed by atoms with E-state index in [0.717, 1.165) is 48.4 Å². The van der Waals surface area contributed by atoms with Crippen molar-refractivity contribution in [2.24, 2.45) is 5.92 Å². The summed E-state index contributed by atoms with van der Waals surface area (Å²) in [6, 6.07) is 11.8. The molecule has 0 bridgehead atoms. The Morgan fingerprint density at radius 2 is 1.96 bits per heavy atom. The van der Waals surface area contributed by atoms with Gasteiger partial charge in [0.05, 0.1) is 17.6 Å².